The number of hydrogen-bond donors (Lipinski definition) is 1. The molecule has 0 amide bonds. The summed E-state index contributed by atoms with van der Waals surface area (Å²) in [6.07, 6.45) is 2.56. The maximum Gasteiger partial charge on any atom is 0.306 e. The Labute approximate surface area is 98.3 Å². The standard InChI is InChI=1S/C13H14F2O2/c14-10-4-5-12(15)9(7-10)6-8-2-1-3-11(8)13(16)17/h4-5,7-8,11H,1-3,6H2,(H,16,17). The predicted octanol–water partition coefficient (Wildman–Crippen LogP) is 3.01. The molecule has 0 spiro atoms. The van der Waals surface area contributed by atoms with Crippen molar-refractivity contribution in [2.45, 2.75) is 25.7 Å². The molecular weight excluding hydrogens is 226 g/mol. The summed E-state index contributed by atoms with van der Waals surface area (Å²) in [5, 5.41) is 9.02. The number of carbonyl (C=O) groups is 1. The first-order valence-electron chi connectivity index (χ1n) is 5.74. The van der Waals surface area contributed by atoms with Crippen LogP contribution in [0.5, 0.6) is 0 Å². The van der Waals surface area contributed by atoms with Gasteiger partial charge in [-0.05, 0) is 48.9 Å². The second-order valence-corrected chi connectivity index (χ2v) is 4.58. The van der Waals surface area contributed by atoms with Crippen molar-refractivity contribution in [1.82, 2.24) is 0 Å². The third-order valence-electron chi connectivity index (χ3n) is 3.47. The molecule has 1 saturated carbocycles. The van der Waals surface area contributed by atoms with E-state index >= 15 is 0 Å². The van der Waals surface area contributed by atoms with Gasteiger partial charge < -0.3 is 5.11 Å². The minimum atomic E-state index is -0.829. The molecule has 17 heavy (non-hydrogen) atoms. The van der Waals surface area contributed by atoms with Crippen molar-refractivity contribution >= 4 is 5.97 Å². The van der Waals surface area contributed by atoms with Crippen molar-refractivity contribution in [2.24, 2.45) is 11.8 Å². The normalized spacial score (nSPS) is 23.9. The number of benzene rings is 1. The van der Waals surface area contributed by atoms with Gasteiger partial charge in [0.1, 0.15) is 11.6 Å². The van der Waals surface area contributed by atoms with Crippen molar-refractivity contribution in [3.05, 3.63) is 35.4 Å². The lowest BCUT2D eigenvalue weighted by molar-refractivity contribution is -0.142. The van der Waals surface area contributed by atoms with E-state index in [0.29, 0.717) is 12.8 Å². The third-order valence-corrected chi connectivity index (χ3v) is 3.47. The van der Waals surface area contributed by atoms with Crippen LogP contribution < -0.4 is 0 Å². The van der Waals surface area contributed by atoms with Crippen LogP contribution in [0.4, 0.5) is 8.78 Å². The molecule has 1 aliphatic carbocycles. The Morgan fingerprint density at radius 3 is 2.82 bits per heavy atom. The lowest BCUT2D eigenvalue weighted by Crippen LogP contribution is -2.20. The van der Waals surface area contributed by atoms with E-state index in [0.717, 1.165) is 31.0 Å². The third kappa shape index (κ3) is 2.62. The Hall–Kier alpha value is -1.45. The van der Waals surface area contributed by atoms with Crippen molar-refractivity contribution in [3.63, 3.8) is 0 Å². The fourth-order valence-corrected chi connectivity index (χ4v) is 2.59. The summed E-state index contributed by atoms with van der Waals surface area (Å²) in [5.41, 5.74) is 0.281. The van der Waals surface area contributed by atoms with Gasteiger partial charge in [-0.1, -0.05) is 6.42 Å². The number of aliphatic carboxylic acids is 1. The highest BCUT2D eigenvalue weighted by Crippen LogP contribution is 2.34. The summed E-state index contributed by atoms with van der Waals surface area (Å²) in [6, 6.07) is 3.32. The molecule has 0 aromatic heterocycles. The van der Waals surface area contributed by atoms with Crippen molar-refractivity contribution in [3.8, 4) is 0 Å². The lowest BCUT2D eigenvalue weighted by atomic mass is 9.89. The number of carboxylic acid groups (broad SMARTS) is 1. The van der Waals surface area contributed by atoms with Crippen LogP contribution in [-0.2, 0) is 11.2 Å². The first-order valence-corrected chi connectivity index (χ1v) is 5.74. The van der Waals surface area contributed by atoms with E-state index in [9.17, 15) is 13.6 Å². The maximum atomic E-state index is 13.4. The topological polar surface area (TPSA) is 37.3 Å². The van der Waals surface area contributed by atoms with E-state index in [2.05, 4.69) is 0 Å². The molecule has 0 aliphatic heterocycles. The largest absolute Gasteiger partial charge is 0.481 e. The van der Waals surface area contributed by atoms with Crippen LogP contribution in [0, 0.1) is 23.5 Å². The Bertz CT molecular complexity index is 431. The van der Waals surface area contributed by atoms with Crippen LogP contribution in [0.3, 0.4) is 0 Å². The zero-order valence-corrected chi connectivity index (χ0v) is 9.33. The Kier molecular flexibility index (Phi) is 3.41. The first-order chi connectivity index (χ1) is 8.08. The minimum Gasteiger partial charge on any atom is -0.481 e. The molecule has 2 nitrogen and oxygen atoms in total. The SMILES string of the molecule is O=C(O)C1CCCC1Cc1cc(F)ccc1F. The highest BCUT2D eigenvalue weighted by atomic mass is 19.1. The summed E-state index contributed by atoms with van der Waals surface area (Å²) in [7, 11) is 0. The van der Waals surface area contributed by atoms with Crippen molar-refractivity contribution in [2.75, 3.05) is 0 Å². The van der Waals surface area contributed by atoms with Gasteiger partial charge in [-0.2, -0.15) is 0 Å². The number of rotatable bonds is 3. The molecule has 1 aliphatic rings. The molecule has 4 heteroatoms. The highest BCUT2D eigenvalue weighted by Gasteiger charge is 2.33. The summed E-state index contributed by atoms with van der Waals surface area (Å²) in [5.74, 6) is -2.26. The van der Waals surface area contributed by atoms with Crippen LogP contribution in [0.15, 0.2) is 18.2 Å². The molecule has 0 saturated heterocycles. The van der Waals surface area contributed by atoms with Gasteiger partial charge in [0, 0.05) is 0 Å². The van der Waals surface area contributed by atoms with Crippen LogP contribution in [-0.4, -0.2) is 11.1 Å². The maximum absolute atomic E-state index is 13.4. The van der Waals surface area contributed by atoms with E-state index in [4.69, 9.17) is 5.11 Å². The lowest BCUT2D eigenvalue weighted by Gasteiger charge is -2.15. The second kappa shape index (κ2) is 4.82. The molecule has 1 aromatic rings. The molecular formula is C13H14F2O2. The Balaban J connectivity index is 2.15. The van der Waals surface area contributed by atoms with Crippen LogP contribution in [0.2, 0.25) is 0 Å². The van der Waals surface area contributed by atoms with Gasteiger partial charge in [0.25, 0.3) is 0 Å². The molecule has 0 radical (unpaired) electrons. The zero-order chi connectivity index (χ0) is 12.4. The van der Waals surface area contributed by atoms with Gasteiger partial charge in [-0.15, -0.1) is 0 Å². The average molecular weight is 240 g/mol. The van der Waals surface area contributed by atoms with E-state index in [1.807, 2.05) is 0 Å². The Morgan fingerprint density at radius 2 is 2.12 bits per heavy atom. The minimum absolute atomic E-state index is 0.0798. The average Bonchev–Trinajstić information content (AvgIpc) is 2.71. The van der Waals surface area contributed by atoms with Gasteiger partial charge in [0.05, 0.1) is 5.92 Å². The molecule has 1 N–H and O–H groups in total. The van der Waals surface area contributed by atoms with Gasteiger partial charge in [-0.3, -0.25) is 4.79 Å². The first kappa shape index (κ1) is 12.0. The van der Waals surface area contributed by atoms with E-state index in [1.165, 1.54) is 0 Å². The number of carboxylic acids is 1. The monoisotopic (exact) mass is 240 g/mol. The van der Waals surface area contributed by atoms with E-state index in [-0.39, 0.29) is 11.5 Å². The molecule has 1 fully saturated rings. The highest BCUT2D eigenvalue weighted by molar-refractivity contribution is 5.70. The quantitative estimate of drug-likeness (QED) is 0.881. The fourth-order valence-electron chi connectivity index (χ4n) is 2.59. The molecule has 0 heterocycles. The summed E-state index contributed by atoms with van der Waals surface area (Å²) in [4.78, 5) is 11.0. The zero-order valence-electron chi connectivity index (χ0n) is 9.33. The van der Waals surface area contributed by atoms with Crippen LogP contribution >= 0.6 is 0 Å². The molecule has 2 unspecified atom stereocenters. The summed E-state index contributed by atoms with van der Waals surface area (Å²) in [6.45, 7) is 0. The van der Waals surface area contributed by atoms with Gasteiger partial charge >= 0.3 is 5.97 Å². The molecule has 2 rings (SSSR count). The van der Waals surface area contributed by atoms with Crippen LogP contribution in [0.1, 0.15) is 24.8 Å². The summed E-state index contributed by atoms with van der Waals surface area (Å²) >= 11 is 0. The number of halogens is 2. The van der Waals surface area contributed by atoms with Crippen molar-refractivity contribution < 1.29 is 18.7 Å². The van der Waals surface area contributed by atoms with Gasteiger partial charge in [0.15, 0.2) is 0 Å². The van der Waals surface area contributed by atoms with Gasteiger partial charge in [0.2, 0.25) is 0 Å². The van der Waals surface area contributed by atoms with Crippen LogP contribution in [0.25, 0.3) is 0 Å². The molecule has 0 bridgehead atoms. The van der Waals surface area contributed by atoms with Gasteiger partial charge in [-0.25, -0.2) is 8.78 Å². The van der Waals surface area contributed by atoms with Crippen molar-refractivity contribution in [1.29, 1.82) is 0 Å². The Morgan fingerprint density at radius 1 is 1.35 bits per heavy atom. The molecule has 92 valence electrons. The predicted molar refractivity (Wildman–Crippen MR) is 58.5 cm³/mol. The summed E-state index contributed by atoms with van der Waals surface area (Å²) < 4.78 is 26.4. The molecule has 2 atom stereocenters. The van der Waals surface area contributed by atoms with E-state index in [1.54, 1.807) is 0 Å². The fraction of sp³-hybridized carbons (Fsp3) is 0.462. The number of hydrogen-bond acceptors (Lipinski definition) is 1. The second-order valence-electron chi connectivity index (χ2n) is 4.58. The molecule has 1 aromatic carbocycles. The smallest absolute Gasteiger partial charge is 0.306 e. The van der Waals surface area contributed by atoms with E-state index < -0.39 is 23.5 Å².